The summed E-state index contributed by atoms with van der Waals surface area (Å²) in [6, 6.07) is 2.60. The molecule has 6 nitrogen and oxygen atoms in total. The van der Waals surface area contributed by atoms with Crippen molar-refractivity contribution in [3.05, 3.63) is 17.9 Å². The molecule has 0 radical (unpaired) electrons. The van der Waals surface area contributed by atoms with Gasteiger partial charge in [-0.3, -0.25) is 0 Å². The molecule has 0 aromatic carbocycles. The summed E-state index contributed by atoms with van der Waals surface area (Å²) in [6.07, 6.45) is 0. The predicted octanol–water partition coefficient (Wildman–Crippen LogP) is 0.817. The third-order valence-electron chi connectivity index (χ3n) is 2.45. The van der Waals surface area contributed by atoms with E-state index in [4.69, 9.17) is 14.3 Å². The maximum absolute atomic E-state index is 12.3. The lowest BCUT2D eigenvalue weighted by molar-refractivity contribution is 0.169. The minimum Gasteiger partial charge on any atom is -0.446 e. The Labute approximate surface area is 107 Å². The first-order chi connectivity index (χ1) is 8.43. The molecule has 0 saturated carbocycles. The summed E-state index contributed by atoms with van der Waals surface area (Å²) in [5, 5.41) is 8.73. The van der Waals surface area contributed by atoms with Crippen LogP contribution in [0, 0.1) is 0 Å². The standard InChI is InChI=1S/C11H19NO5S/c1-9(2)12(6-7-16-3)18(14,15)11-5-4-10(8-13)17-11/h4-5,9,13H,6-8H2,1-3H3. The third-order valence-corrected chi connectivity index (χ3v) is 4.40. The lowest BCUT2D eigenvalue weighted by atomic mass is 10.4. The third kappa shape index (κ3) is 3.32. The van der Waals surface area contributed by atoms with Crippen LogP contribution in [0.4, 0.5) is 0 Å². The van der Waals surface area contributed by atoms with E-state index in [1.165, 1.54) is 23.5 Å². The van der Waals surface area contributed by atoms with Gasteiger partial charge in [-0.1, -0.05) is 0 Å². The van der Waals surface area contributed by atoms with Crippen molar-refractivity contribution in [3.8, 4) is 0 Å². The summed E-state index contributed by atoms with van der Waals surface area (Å²) < 4.78 is 35.9. The van der Waals surface area contributed by atoms with E-state index in [1.54, 1.807) is 13.8 Å². The number of aliphatic hydroxyl groups excluding tert-OH is 1. The van der Waals surface area contributed by atoms with Gasteiger partial charge < -0.3 is 14.3 Å². The number of hydrogen-bond acceptors (Lipinski definition) is 5. The molecular formula is C11H19NO5S. The second-order valence-corrected chi connectivity index (χ2v) is 5.90. The highest BCUT2D eigenvalue weighted by molar-refractivity contribution is 7.89. The monoisotopic (exact) mass is 277 g/mol. The van der Waals surface area contributed by atoms with Gasteiger partial charge in [-0.15, -0.1) is 0 Å². The zero-order valence-electron chi connectivity index (χ0n) is 10.8. The van der Waals surface area contributed by atoms with E-state index in [9.17, 15) is 8.42 Å². The Morgan fingerprint density at radius 1 is 1.44 bits per heavy atom. The maximum Gasteiger partial charge on any atom is 0.276 e. The summed E-state index contributed by atoms with van der Waals surface area (Å²) in [5.74, 6) is 0.226. The molecule has 0 unspecified atom stereocenters. The molecule has 0 aliphatic carbocycles. The SMILES string of the molecule is COCCN(C(C)C)S(=O)(=O)c1ccc(CO)o1. The summed E-state index contributed by atoms with van der Waals surface area (Å²) in [4.78, 5) is 0. The molecule has 7 heteroatoms. The highest BCUT2D eigenvalue weighted by Crippen LogP contribution is 2.20. The van der Waals surface area contributed by atoms with Crippen LogP contribution in [0.5, 0.6) is 0 Å². The smallest absolute Gasteiger partial charge is 0.276 e. The number of aliphatic hydroxyl groups is 1. The highest BCUT2D eigenvalue weighted by atomic mass is 32.2. The van der Waals surface area contributed by atoms with Gasteiger partial charge >= 0.3 is 0 Å². The molecular weight excluding hydrogens is 258 g/mol. The number of rotatable bonds is 7. The number of methoxy groups -OCH3 is 1. The van der Waals surface area contributed by atoms with Crippen LogP contribution in [0.2, 0.25) is 0 Å². The van der Waals surface area contributed by atoms with Gasteiger partial charge in [0, 0.05) is 19.7 Å². The Bertz CT molecular complexity index is 466. The minimum atomic E-state index is -3.69. The molecule has 0 bridgehead atoms. The van der Waals surface area contributed by atoms with Gasteiger partial charge in [-0.25, -0.2) is 8.42 Å². The second-order valence-electron chi connectivity index (χ2n) is 4.08. The Morgan fingerprint density at radius 2 is 2.11 bits per heavy atom. The zero-order chi connectivity index (χ0) is 13.8. The second kappa shape index (κ2) is 6.33. The first kappa shape index (κ1) is 15.2. The van der Waals surface area contributed by atoms with Crippen LogP contribution in [0.1, 0.15) is 19.6 Å². The van der Waals surface area contributed by atoms with E-state index in [0.717, 1.165) is 0 Å². The van der Waals surface area contributed by atoms with Crippen molar-refractivity contribution in [2.75, 3.05) is 20.3 Å². The summed E-state index contributed by atoms with van der Waals surface area (Å²) in [7, 11) is -2.17. The van der Waals surface area contributed by atoms with E-state index in [2.05, 4.69) is 0 Å². The van der Waals surface area contributed by atoms with Crippen LogP contribution < -0.4 is 0 Å². The number of hydrogen-bond donors (Lipinski definition) is 1. The Morgan fingerprint density at radius 3 is 2.56 bits per heavy atom. The summed E-state index contributed by atoms with van der Waals surface area (Å²) in [6.45, 7) is 3.80. The van der Waals surface area contributed by atoms with Crippen LogP contribution in [-0.2, 0) is 21.4 Å². The molecule has 0 saturated heterocycles. The Balaban J connectivity index is 3.00. The van der Waals surface area contributed by atoms with Gasteiger partial charge in [-0.2, -0.15) is 4.31 Å². The largest absolute Gasteiger partial charge is 0.446 e. The Hall–Kier alpha value is -0.890. The van der Waals surface area contributed by atoms with E-state index in [-0.39, 0.29) is 30.0 Å². The molecule has 0 atom stereocenters. The highest BCUT2D eigenvalue weighted by Gasteiger charge is 2.29. The first-order valence-corrected chi connectivity index (χ1v) is 7.07. The van der Waals surface area contributed by atoms with Gasteiger partial charge in [0.2, 0.25) is 5.09 Å². The van der Waals surface area contributed by atoms with E-state index < -0.39 is 10.0 Å². The van der Waals surface area contributed by atoms with E-state index in [0.29, 0.717) is 6.61 Å². The first-order valence-electron chi connectivity index (χ1n) is 5.63. The van der Waals surface area contributed by atoms with E-state index in [1.807, 2.05) is 0 Å². The number of sulfonamides is 1. The molecule has 0 amide bonds. The zero-order valence-corrected chi connectivity index (χ0v) is 11.6. The van der Waals surface area contributed by atoms with Crippen molar-refractivity contribution >= 4 is 10.0 Å². The molecule has 1 aromatic heterocycles. The van der Waals surface area contributed by atoms with Crippen molar-refractivity contribution in [1.82, 2.24) is 4.31 Å². The molecule has 0 aliphatic rings. The maximum atomic E-state index is 12.3. The van der Waals surface area contributed by atoms with Gasteiger partial charge in [0.25, 0.3) is 10.0 Å². The Kier molecular flexibility index (Phi) is 5.33. The number of ether oxygens (including phenoxy) is 1. The molecule has 1 rings (SSSR count). The molecule has 0 spiro atoms. The molecule has 18 heavy (non-hydrogen) atoms. The van der Waals surface area contributed by atoms with Crippen molar-refractivity contribution in [2.45, 2.75) is 31.6 Å². The average molecular weight is 277 g/mol. The quantitative estimate of drug-likeness (QED) is 0.798. The van der Waals surface area contributed by atoms with Crippen molar-refractivity contribution in [2.24, 2.45) is 0 Å². The lowest BCUT2D eigenvalue weighted by Crippen LogP contribution is -2.39. The molecule has 0 aliphatic heterocycles. The van der Waals surface area contributed by atoms with Crippen molar-refractivity contribution < 1.29 is 22.7 Å². The lowest BCUT2D eigenvalue weighted by Gasteiger charge is -2.24. The molecule has 1 N–H and O–H groups in total. The number of furan rings is 1. The van der Waals surface area contributed by atoms with Gasteiger partial charge in [0.1, 0.15) is 12.4 Å². The fourth-order valence-corrected chi connectivity index (χ4v) is 3.09. The van der Waals surface area contributed by atoms with E-state index >= 15 is 0 Å². The van der Waals surface area contributed by atoms with Crippen LogP contribution in [-0.4, -0.2) is 44.1 Å². The number of nitrogens with zero attached hydrogens (tertiary/aromatic N) is 1. The molecule has 0 fully saturated rings. The van der Waals surface area contributed by atoms with Crippen LogP contribution in [0.15, 0.2) is 21.6 Å². The van der Waals surface area contributed by atoms with Crippen molar-refractivity contribution in [1.29, 1.82) is 0 Å². The molecule has 1 aromatic rings. The predicted molar refractivity (Wildman–Crippen MR) is 65.5 cm³/mol. The summed E-state index contributed by atoms with van der Waals surface area (Å²) in [5.41, 5.74) is 0. The average Bonchev–Trinajstić information content (AvgIpc) is 2.77. The summed E-state index contributed by atoms with van der Waals surface area (Å²) >= 11 is 0. The normalized spacial score (nSPS) is 12.6. The van der Waals surface area contributed by atoms with Crippen LogP contribution >= 0.6 is 0 Å². The molecule has 1 heterocycles. The minimum absolute atomic E-state index is 0.156. The topological polar surface area (TPSA) is 80.0 Å². The van der Waals surface area contributed by atoms with Gasteiger partial charge in [0.15, 0.2) is 0 Å². The molecule has 104 valence electrons. The fourth-order valence-electron chi connectivity index (χ4n) is 1.53. The van der Waals surface area contributed by atoms with Gasteiger partial charge in [0.05, 0.1) is 6.61 Å². The van der Waals surface area contributed by atoms with Crippen molar-refractivity contribution in [3.63, 3.8) is 0 Å². The van der Waals surface area contributed by atoms with Gasteiger partial charge in [-0.05, 0) is 26.0 Å². The fraction of sp³-hybridized carbons (Fsp3) is 0.636. The van der Waals surface area contributed by atoms with Crippen LogP contribution in [0.25, 0.3) is 0 Å². The van der Waals surface area contributed by atoms with Crippen LogP contribution in [0.3, 0.4) is 0 Å².